The summed E-state index contributed by atoms with van der Waals surface area (Å²) in [6.45, 7) is 1.71. The summed E-state index contributed by atoms with van der Waals surface area (Å²) in [6, 6.07) is 6.97. The van der Waals surface area contributed by atoms with E-state index in [1.54, 1.807) is 13.0 Å². The molecule has 0 saturated carbocycles. The normalized spacial score (nSPS) is 10.4. The number of ether oxygens (including phenoxy) is 1. The maximum Gasteiger partial charge on any atom is 0.175 e. The Morgan fingerprint density at radius 2 is 1.77 bits per heavy atom. The van der Waals surface area contributed by atoms with E-state index in [9.17, 15) is 13.2 Å². The predicted octanol–water partition coefficient (Wildman–Crippen LogP) is 4.55. The van der Waals surface area contributed by atoms with Crippen LogP contribution in [0.1, 0.15) is 23.6 Å². The second-order valence-corrected chi connectivity index (χ2v) is 4.43. The largest absolute Gasteiger partial charge is 0.494 e. The highest BCUT2D eigenvalue weighted by atomic mass is 19.2. The zero-order valence-electron chi connectivity index (χ0n) is 12.1. The lowest BCUT2D eigenvalue weighted by Gasteiger charge is -2.01. The van der Waals surface area contributed by atoms with Gasteiger partial charge in [-0.25, -0.2) is 13.2 Å². The van der Waals surface area contributed by atoms with E-state index in [1.165, 1.54) is 43.5 Å². The van der Waals surface area contributed by atoms with Crippen LogP contribution in [0.4, 0.5) is 13.2 Å². The van der Waals surface area contributed by atoms with Crippen LogP contribution < -0.4 is 4.74 Å². The average Bonchev–Trinajstić information content (AvgIpc) is 2.51. The minimum Gasteiger partial charge on any atom is -0.494 e. The molecule has 0 unspecified atom stereocenters. The first kappa shape index (κ1) is 15.7. The molecule has 0 spiro atoms. The maximum atomic E-state index is 13.9. The van der Waals surface area contributed by atoms with Crippen LogP contribution in [0.5, 0.6) is 5.75 Å². The maximum absolute atomic E-state index is 13.9. The van der Waals surface area contributed by atoms with Crippen LogP contribution in [0.25, 0.3) is 6.08 Å². The highest BCUT2D eigenvalue weighted by Crippen LogP contribution is 2.19. The van der Waals surface area contributed by atoms with Crippen molar-refractivity contribution < 1.29 is 17.9 Å². The molecule has 22 heavy (non-hydrogen) atoms. The topological polar surface area (TPSA) is 9.23 Å². The number of rotatable bonds is 2. The lowest BCUT2D eigenvalue weighted by atomic mass is 10.1. The van der Waals surface area contributed by atoms with E-state index in [4.69, 9.17) is 4.74 Å². The Bertz CT molecular complexity index is 783. The molecule has 0 fully saturated rings. The van der Waals surface area contributed by atoms with E-state index in [1.807, 2.05) is 0 Å². The van der Waals surface area contributed by atoms with Gasteiger partial charge in [-0.1, -0.05) is 30.1 Å². The van der Waals surface area contributed by atoms with Crippen molar-refractivity contribution >= 4 is 6.08 Å². The highest BCUT2D eigenvalue weighted by molar-refractivity contribution is 5.54. The van der Waals surface area contributed by atoms with Crippen LogP contribution in [0.15, 0.2) is 36.4 Å². The lowest BCUT2D eigenvalue weighted by Crippen LogP contribution is -1.93. The molecule has 0 radical (unpaired) electrons. The highest BCUT2D eigenvalue weighted by Gasteiger charge is 2.10. The molecule has 0 aromatic heterocycles. The second kappa shape index (κ2) is 6.86. The molecule has 0 N–H and O–H groups in total. The quantitative estimate of drug-likeness (QED) is 0.740. The van der Waals surface area contributed by atoms with Crippen LogP contribution in [0.2, 0.25) is 0 Å². The van der Waals surface area contributed by atoms with Gasteiger partial charge in [-0.2, -0.15) is 0 Å². The van der Waals surface area contributed by atoms with Gasteiger partial charge < -0.3 is 4.74 Å². The first-order valence-corrected chi connectivity index (χ1v) is 6.53. The molecule has 112 valence electrons. The SMILES string of the molecule is C/C=C/c1ccc(C#Cc2ccc(OC)c(F)c2)c(F)c1F. The summed E-state index contributed by atoms with van der Waals surface area (Å²) in [7, 11) is 1.36. The van der Waals surface area contributed by atoms with Crippen molar-refractivity contribution in [2.75, 3.05) is 7.11 Å². The van der Waals surface area contributed by atoms with Crippen molar-refractivity contribution in [2.24, 2.45) is 0 Å². The van der Waals surface area contributed by atoms with Crippen LogP contribution in [-0.4, -0.2) is 7.11 Å². The molecule has 0 aliphatic carbocycles. The summed E-state index contributed by atoms with van der Waals surface area (Å²) < 4.78 is 46.0. The molecular formula is C18H13F3O. The minimum atomic E-state index is -1.02. The number of allylic oxidation sites excluding steroid dienone is 1. The average molecular weight is 302 g/mol. The zero-order valence-corrected chi connectivity index (χ0v) is 12.1. The molecule has 1 nitrogen and oxygen atoms in total. The Balaban J connectivity index is 2.36. The predicted molar refractivity (Wildman–Crippen MR) is 80.0 cm³/mol. The Hall–Kier alpha value is -2.67. The molecule has 0 saturated heterocycles. The summed E-state index contributed by atoms with van der Waals surface area (Å²) in [4.78, 5) is 0. The molecule has 0 heterocycles. The third-order valence-corrected chi connectivity index (χ3v) is 2.95. The molecule has 4 heteroatoms. The monoisotopic (exact) mass is 302 g/mol. The fourth-order valence-electron chi connectivity index (χ4n) is 1.85. The second-order valence-electron chi connectivity index (χ2n) is 4.43. The molecule has 2 aromatic carbocycles. The fourth-order valence-corrected chi connectivity index (χ4v) is 1.85. The van der Waals surface area contributed by atoms with Gasteiger partial charge in [-0.15, -0.1) is 0 Å². The molecule has 0 aliphatic heterocycles. The molecule has 0 bridgehead atoms. The van der Waals surface area contributed by atoms with Gasteiger partial charge in [0.15, 0.2) is 23.2 Å². The van der Waals surface area contributed by atoms with Crippen molar-refractivity contribution in [2.45, 2.75) is 6.92 Å². The Labute approximate surface area is 127 Å². The lowest BCUT2D eigenvalue weighted by molar-refractivity contribution is 0.386. The van der Waals surface area contributed by atoms with E-state index in [0.29, 0.717) is 5.56 Å². The van der Waals surface area contributed by atoms with Crippen LogP contribution in [0.3, 0.4) is 0 Å². The Kier molecular flexibility index (Phi) is 4.90. The van der Waals surface area contributed by atoms with Gasteiger partial charge >= 0.3 is 0 Å². The zero-order chi connectivity index (χ0) is 16.1. The van der Waals surface area contributed by atoms with Crippen LogP contribution >= 0.6 is 0 Å². The van der Waals surface area contributed by atoms with Crippen molar-refractivity contribution in [3.05, 3.63) is 70.5 Å². The standard InChI is InChI=1S/C18H13F3O/c1-3-4-13-8-9-14(18(21)17(13)20)7-5-12-6-10-16(22-2)15(19)11-12/h3-4,6,8-11H,1-2H3/b4-3+. The molecule has 0 atom stereocenters. The van der Waals surface area contributed by atoms with Crippen molar-refractivity contribution in [3.8, 4) is 17.6 Å². The molecule has 0 aliphatic rings. The third-order valence-electron chi connectivity index (χ3n) is 2.95. The van der Waals surface area contributed by atoms with Gasteiger partial charge in [0.25, 0.3) is 0 Å². The van der Waals surface area contributed by atoms with Gasteiger partial charge in [-0.05, 0) is 31.2 Å². The van der Waals surface area contributed by atoms with Crippen molar-refractivity contribution in [1.29, 1.82) is 0 Å². The summed E-state index contributed by atoms with van der Waals surface area (Å²) in [5.41, 5.74) is 0.415. The summed E-state index contributed by atoms with van der Waals surface area (Å²) in [6.07, 6.45) is 3.08. The van der Waals surface area contributed by atoms with E-state index in [-0.39, 0.29) is 16.9 Å². The van der Waals surface area contributed by atoms with Crippen LogP contribution in [-0.2, 0) is 0 Å². The summed E-state index contributed by atoms with van der Waals surface area (Å²) in [5.74, 6) is 2.67. The molecule has 2 rings (SSSR count). The van der Waals surface area contributed by atoms with Gasteiger partial charge in [-0.3, -0.25) is 0 Å². The van der Waals surface area contributed by atoms with E-state index in [2.05, 4.69) is 11.8 Å². The van der Waals surface area contributed by atoms with E-state index >= 15 is 0 Å². The van der Waals surface area contributed by atoms with E-state index in [0.717, 1.165) is 0 Å². The number of methoxy groups -OCH3 is 1. The molecule has 0 amide bonds. The minimum absolute atomic E-state index is 0.0815. The summed E-state index contributed by atoms with van der Waals surface area (Å²) in [5, 5.41) is 0. The Morgan fingerprint density at radius 3 is 2.41 bits per heavy atom. The molecule has 2 aromatic rings. The number of benzene rings is 2. The van der Waals surface area contributed by atoms with Gasteiger partial charge in [0, 0.05) is 11.1 Å². The van der Waals surface area contributed by atoms with Gasteiger partial charge in [0.1, 0.15) is 0 Å². The van der Waals surface area contributed by atoms with Crippen molar-refractivity contribution in [3.63, 3.8) is 0 Å². The van der Waals surface area contributed by atoms with Crippen LogP contribution in [0, 0.1) is 29.3 Å². The first-order chi connectivity index (χ1) is 10.6. The summed E-state index contributed by atoms with van der Waals surface area (Å²) >= 11 is 0. The van der Waals surface area contributed by atoms with Gasteiger partial charge in [0.2, 0.25) is 0 Å². The van der Waals surface area contributed by atoms with Gasteiger partial charge in [0.05, 0.1) is 12.7 Å². The smallest absolute Gasteiger partial charge is 0.175 e. The number of hydrogen-bond donors (Lipinski definition) is 0. The van der Waals surface area contributed by atoms with Crippen molar-refractivity contribution in [1.82, 2.24) is 0 Å². The fraction of sp³-hybridized carbons (Fsp3) is 0.111. The first-order valence-electron chi connectivity index (χ1n) is 6.53. The van der Waals surface area contributed by atoms with E-state index < -0.39 is 17.5 Å². The number of hydrogen-bond acceptors (Lipinski definition) is 1. The number of halogens is 3. The Morgan fingerprint density at radius 1 is 1.00 bits per heavy atom. The third kappa shape index (κ3) is 3.32. The molecular weight excluding hydrogens is 289 g/mol.